The number of carbonyl (C=O) groups is 1. The highest BCUT2D eigenvalue weighted by Gasteiger charge is 2.31. The first kappa shape index (κ1) is 21.2. The lowest BCUT2D eigenvalue weighted by Crippen LogP contribution is -2.35. The van der Waals surface area contributed by atoms with E-state index in [-0.39, 0.29) is 11.5 Å². The predicted octanol–water partition coefficient (Wildman–Crippen LogP) is 4.83. The summed E-state index contributed by atoms with van der Waals surface area (Å²) in [6.07, 6.45) is -0.0831. The Labute approximate surface area is 178 Å². The molecule has 162 valence electrons. The fourth-order valence-electron chi connectivity index (χ4n) is 3.99. The summed E-state index contributed by atoms with van der Waals surface area (Å²) in [6, 6.07) is 6.49. The summed E-state index contributed by atoms with van der Waals surface area (Å²) in [6.45, 7) is 5.16. The summed E-state index contributed by atoms with van der Waals surface area (Å²) < 4.78 is 44.1. The minimum atomic E-state index is -4.40. The van der Waals surface area contributed by atoms with Crippen molar-refractivity contribution in [2.24, 2.45) is 0 Å². The van der Waals surface area contributed by atoms with E-state index >= 15 is 0 Å². The van der Waals surface area contributed by atoms with Crippen molar-refractivity contribution < 1.29 is 22.7 Å². The van der Waals surface area contributed by atoms with Crippen molar-refractivity contribution in [1.82, 2.24) is 9.80 Å². The quantitative estimate of drug-likeness (QED) is 0.606. The summed E-state index contributed by atoms with van der Waals surface area (Å²) >= 11 is 1.56. The first-order valence-corrected chi connectivity index (χ1v) is 11.1. The highest BCUT2D eigenvalue weighted by atomic mass is 32.1. The van der Waals surface area contributed by atoms with Crippen LogP contribution in [0.2, 0.25) is 0 Å². The number of carbonyl (C=O) groups excluding carboxylic acids is 1. The number of nitrogens with zero attached hydrogens (tertiary/aromatic N) is 2. The summed E-state index contributed by atoms with van der Waals surface area (Å²) in [5, 5.41) is 0.880. The van der Waals surface area contributed by atoms with Crippen LogP contribution in [0, 0.1) is 0 Å². The minimum Gasteiger partial charge on any atom is -0.484 e. The number of hydrogen-bond acceptors (Lipinski definition) is 4. The van der Waals surface area contributed by atoms with Crippen LogP contribution >= 0.6 is 11.3 Å². The van der Waals surface area contributed by atoms with Crippen LogP contribution in [-0.4, -0.2) is 48.5 Å². The maximum Gasteiger partial charge on any atom is 0.416 e. The van der Waals surface area contributed by atoms with Gasteiger partial charge in [-0.1, -0.05) is 0 Å². The molecule has 0 bridgehead atoms. The zero-order valence-electron chi connectivity index (χ0n) is 16.7. The van der Waals surface area contributed by atoms with Gasteiger partial charge in [-0.25, -0.2) is 0 Å². The van der Waals surface area contributed by atoms with E-state index in [1.54, 1.807) is 16.2 Å². The van der Waals surface area contributed by atoms with Crippen molar-refractivity contribution in [3.05, 3.63) is 51.9 Å². The molecule has 4 rings (SSSR count). The topological polar surface area (TPSA) is 32.8 Å². The number of benzene rings is 1. The van der Waals surface area contributed by atoms with Gasteiger partial charge in [-0.15, -0.1) is 11.3 Å². The van der Waals surface area contributed by atoms with Crippen LogP contribution in [0.4, 0.5) is 13.2 Å². The highest BCUT2D eigenvalue weighted by Crippen LogP contribution is 2.34. The molecule has 4 nitrogen and oxygen atoms in total. The molecule has 1 aromatic carbocycles. The summed E-state index contributed by atoms with van der Waals surface area (Å²) in [7, 11) is 0. The van der Waals surface area contributed by atoms with E-state index in [1.807, 2.05) is 0 Å². The molecule has 1 aromatic heterocycles. The molecule has 1 saturated heterocycles. The van der Waals surface area contributed by atoms with Crippen LogP contribution in [0.1, 0.15) is 45.6 Å². The number of ether oxygens (including phenoxy) is 1. The molecule has 0 saturated carbocycles. The number of alkyl halides is 3. The Morgan fingerprint density at radius 2 is 1.83 bits per heavy atom. The molecule has 2 aliphatic rings. The second-order valence-corrected chi connectivity index (χ2v) is 8.92. The molecule has 2 aliphatic heterocycles. The molecule has 8 heteroatoms. The average molecular weight is 439 g/mol. The van der Waals surface area contributed by atoms with Gasteiger partial charge >= 0.3 is 6.18 Å². The van der Waals surface area contributed by atoms with Crippen LogP contribution in [0.15, 0.2) is 30.3 Å². The number of fused-ring (bicyclic) bond motifs is 1. The standard InChI is InChI=1S/C22H25F3N2O2S/c23-22(24,25)18-6-4-16(5-7-18)21(28)27-12-8-17-14-20(30-19(17)15-27)29-13-3-11-26-9-1-2-10-26/h4-7,14H,1-3,8-13,15H2. The first-order valence-electron chi connectivity index (χ1n) is 10.3. The molecule has 0 radical (unpaired) electrons. The average Bonchev–Trinajstić information content (AvgIpc) is 3.39. The van der Waals surface area contributed by atoms with Crippen molar-refractivity contribution in [1.29, 1.82) is 0 Å². The Hall–Kier alpha value is -2.06. The zero-order valence-corrected chi connectivity index (χ0v) is 17.5. The van der Waals surface area contributed by atoms with Gasteiger partial charge in [0.05, 0.1) is 18.7 Å². The zero-order chi connectivity index (χ0) is 21.1. The number of halogens is 3. The van der Waals surface area contributed by atoms with Gasteiger partial charge in [-0.2, -0.15) is 13.2 Å². The molecular formula is C22H25F3N2O2S. The molecule has 1 amide bonds. The number of hydrogen-bond donors (Lipinski definition) is 0. The number of amides is 1. The highest BCUT2D eigenvalue weighted by molar-refractivity contribution is 7.14. The van der Waals surface area contributed by atoms with E-state index in [0.29, 0.717) is 19.7 Å². The normalized spacial score (nSPS) is 17.2. The van der Waals surface area contributed by atoms with Gasteiger partial charge in [0.25, 0.3) is 5.91 Å². The van der Waals surface area contributed by atoms with Crippen LogP contribution in [0.25, 0.3) is 0 Å². The van der Waals surface area contributed by atoms with E-state index in [0.717, 1.165) is 41.5 Å². The van der Waals surface area contributed by atoms with Crippen LogP contribution < -0.4 is 4.74 Å². The number of likely N-dealkylation sites (tertiary alicyclic amines) is 1. The predicted molar refractivity (Wildman–Crippen MR) is 110 cm³/mol. The van der Waals surface area contributed by atoms with Crippen LogP contribution in [0.5, 0.6) is 5.06 Å². The molecule has 0 spiro atoms. The molecule has 3 heterocycles. The molecule has 0 N–H and O–H groups in total. The van der Waals surface area contributed by atoms with Gasteiger partial charge < -0.3 is 14.5 Å². The van der Waals surface area contributed by atoms with Crippen molar-refractivity contribution in [2.75, 3.05) is 32.8 Å². The van der Waals surface area contributed by atoms with Gasteiger partial charge in [0, 0.05) is 23.5 Å². The molecule has 0 unspecified atom stereocenters. The van der Waals surface area contributed by atoms with E-state index < -0.39 is 11.7 Å². The number of rotatable bonds is 6. The lowest BCUT2D eigenvalue weighted by molar-refractivity contribution is -0.137. The van der Waals surface area contributed by atoms with E-state index in [1.165, 1.54) is 43.6 Å². The summed E-state index contributed by atoms with van der Waals surface area (Å²) in [5.41, 5.74) is 0.733. The first-order chi connectivity index (χ1) is 14.4. The van der Waals surface area contributed by atoms with Crippen molar-refractivity contribution >= 4 is 17.2 Å². The maximum atomic E-state index is 12.7. The Balaban J connectivity index is 1.31. The van der Waals surface area contributed by atoms with E-state index in [4.69, 9.17) is 4.74 Å². The van der Waals surface area contributed by atoms with E-state index in [2.05, 4.69) is 11.0 Å². The Morgan fingerprint density at radius 1 is 1.10 bits per heavy atom. The van der Waals surface area contributed by atoms with Gasteiger partial charge in [-0.3, -0.25) is 4.79 Å². The third-order valence-electron chi connectivity index (χ3n) is 5.67. The molecule has 0 atom stereocenters. The molecule has 2 aromatic rings. The van der Waals surface area contributed by atoms with Crippen LogP contribution in [-0.2, 0) is 19.1 Å². The second kappa shape index (κ2) is 8.98. The monoisotopic (exact) mass is 438 g/mol. The van der Waals surface area contributed by atoms with Crippen molar-refractivity contribution in [2.45, 2.75) is 38.4 Å². The van der Waals surface area contributed by atoms with Gasteiger partial charge in [-0.05, 0) is 74.7 Å². The maximum absolute atomic E-state index is 12.7. The minimum absolute atomic E-state index is 0.240. The van der Waals surface area contributed by atoms with Gasteiger partial charge in [0.1, 0.15) is 0 Å². The van der Waals surface area contributed by atoms with Gasteiger partial charge in [0.2, 0.25) is 0 Å². The molecular weight excluding hydrogens is 413 g/mol. The summed E-state index contributed by atoms with van der Waals surface area (Å²) in [4.78, 5) is 18.0. The van der Waals surface area contributed by atoms with E-state index in [9.17, 15) is 18.0 Å². The smallest absolute Gasteiger partial charge is 0.416 e. The lowest BCUT2D eigenvalue weighted by Gasteiger charge is -2.27. The molecule has 1 fully saturated rings. The fraction of sp³-hybridized carbons (Fsp3) is 0.500. The Morgan fingerprint density at radius 3 is 2.53 bits per heavy atom. The SMILES string of the molecule is O=C(c1ccc(C(F)(F)F)cc1)N1CCc2cc(OCCCN3CCCC3)sc2C1. The van der Waals surface area contributed by atoms with Gasteiger partial charge in [0.15, 0.2) is 5.06 Å². The second-order valence-electron chi connectivity index (χ2n) is 7.82. The lowest BCUT2D eigenvalue weighted by atomic mass is 10.1. The molecule has 0 aliphatic carbocycles. The van der Waals surface area contributed by atoms with Crippen LogP contribution in [0.3, 0.4) is 0 Å². The summed E-state index contributed by atoms with van der Waals surface area (Å²) in [5.74, 6) is -0.240. The fourth-order valence-corrected chi connectivity index (χ4v) is 5.09. The number of thiophene rings is 1. The third kappa shape index (κ3) is 4.98. The van der Waals surface area contributed by atoms with Crippen molar-refractivity contribution in [3.63, 3.8) is 0 Å². The largest absolute Gasteiger partial charge is 0.484 e. The third-order valence-corrected chi connectivity index (χ3v) is 6.74. The molecule has 30 heavy (non-hydrogen) atoms. The van der Waals surface area contributed by atoms with Crippen molar-refractivity contribution in [3.8, 4) is 5.06 Å². The Kier molecular flexibility index (Phi) is 6.34. The Bertz CT molecular complexity index is 873.